The van der Waals surface area contributed by atoms with Crippen LogP contribution in [0, 0.1) is 0 Å². The number of carbonyl (C=O) groups excluding carboxylic acids is 1. The van der Waals surface area contributed by atoms with Gasteiger partial charge in [-0.05, 0) is 12.8 Å². The molecule has 3 unspecified atom stereocenters. The molecule has 0 aliphatic rings. The first kappa shape index (κ1) is 59.4. The Hall–Kier alpha value is -0.650. The summed E-state index contributed by atoms with van der Waals surface area (Å²) in [5.41, 5.74) is 0. The average Bonchev–Trinajstić information content (AvgIpc) is 3.24. The van der Waals surface area contributed by atoms with E-state index >= 15 is 0 Å². The average molecular weight is 850 g/mol. The number of aliphatic hydroxyl groups excluding tert-OH is 3. The van der Waals surface area contributed by atoms with E-state index in [0.717, 1.165) is 25.7 Å². The van der Waals surface area contributed by atoms with Gasteiger partial charge in [0, 0.05) is 0 Å². The SMILES string of the molecule is CCCCCCCCCCCCCCCCCCCCCCCCCCCCCCCC(O)CC(=O)NC(CO)C(O)CCCCCCCCCCCCCCCCCC. The molecule has 0 aromatic rings. The van der Waals surface area contributed by atoms with Gasteiger partial charge in [-0.2, -0.15) is 0 Å². The lowest BCUT2D eigenvalue weighted by Gasteiger charge is -2.23. The summed E-state index contributed by atoms with van der Waals surface area (Å²) in [4.78, 5) is 12.5. The summed E-state index contributed by atoms with van der Waals surface area (Å²) in [6.07, 6.45) is 61.2. The minimum atomic E-state index is -0.744. The summed E-state index contributed by atoms with van der Waals surface area (Å²) in [7, 11) is 0. The quantitative estimate of drug-likeness (QED) is 0.0459. The maximum Gasteiger partial charge on any atom is 0.222 e. The van der Waals surface area contributed by atoms with Gasteiger partial charge < -0.3 is 20.6 Å². The minimum absolute atomic E-state index is 0.0435. The van der Waals surface area contributed by atoms with E-state index in [1.807, 2.05) is 0 Å². The van der Waals surface area contributed by atoms with Crippen molar-refractivity contribution < 1.29 is 20.1 Å². The molecule has 0 spiro atoms. The van der Waals surface area contributed by atoms with E-state index in [1.165, 1.54) is 263 Å². The number of carbonyl (C=O) groups is 1. The molecular formula is C55H111NO4. The predicted octanol–water partition coefficient (Wildman–Crippen LogP) is 16.9. The smallest absolute Gasteiger partial charge is 0.222 e. The predicted molar refractivity (Wildman–Crippen MR) is 264 cm³/mol. The molecule has 0 aliphatic carbocycles. The highest BCUT2D eigenvalue weighted by atomic mass is 16.3. The van der Waals surface area contributed by atoms with E-state index in [4.69, 9.17) is 0 Å². The largest absolute Gasteiger partial charge is 0.394 e. The topological polar surface area (TPSA) is 89.8 Å². The maximum absolute atomic E-state index is 12.5. The second-order valence-corrected chi connectivity index (χ2v) is 19.6. The number of hydrogen-bond donors (Lipinski definition) is 4. The Balaban J connectivity index is 3.46. The van der Waals surface area contributed by atoms with Gasteiger partial charge in [0.2, 0.25) is 5.91 Å². The van der Waals surface area contributed by atoms with Gasteiger partial charge in [0.15, 0.2) is 0 Å². The third kappa shape index (κ3) is 46.8. The second kappa shape index (κ2) is 51.0. The molecular weight excluding hydrogens is 739 g/mol. The second-order valence-electron chi connectivity index (χ2n) is 19.6. The Kier molecular flexibility index (Phi) is 50.4. The zero-order valence-electron chi connectivity index (χ0n) is 41.1. The van der Waals surface area contributed by atoms with Crippen LogP contribution in [0.1, 0.15) is 322 Å². The van der Waals surface area contributed by atoms with Crippen LogP contribution in [0.25, 0.3) is 0 Å². The lowest BCUT2D eigenvalue weighted by molar-refractivity contribution is -0.125. The third-order valence-electron chi connectivity index (χ3n) is 13.4. The molecule has 0 radical (unpaired) electrons. The Bertz CT molecular complexity index is 807. The molecule has 0 rings (SSSR count). The first-order valence-electron chi connectivity index (χ1n) is 27.8. The highest BCUT2D eigenvalue weighted by Crippen LogP contribution is 2.18. The van der Waals surface area contributed by atoms with Crippen molar-refractivity contribution in [1.29, 1.82) is 0 Å². The number of hydrogen-bond acceptors (Lipinski definition) is 4. The molecule has 60 heavy (non-hydrogen) atoms. The lowest BCUT2D eigenvalue weighted by atomic mass is 10.0. The summed E-state index contributed by atoms with van der Waals surface area (Å²) in [6, 6.07) is -0.653. The summed E-state index contributed by atoms with van der Waals surface area (Å²) >= 11 is 0. The normalized spacial score (nSPS) is 13.2. The highest BCUT2D eigenvalue weighted by Gasteiger charge is 2.21. The fourth-order valence-corrected chi connectivity index (χ4v) is 9.17. The van der Waals surface area contributed by atoms with Crippen LogP contribution in [0.2, 0.25) is 0 Å². The summed E-state index contributed by atoms with van der Waals surface area (Å²) in [6.45, 7) is 4.30. The molecule has 0 aromatic heterocycles. The third-order valence-corrected chi connectivity index (χ3v) is 13.4. The number of unbranched alkanes of at least 4 members (excludes halogenated alkanes) is 43. The first-order chi connectivity index (χ1) is 29.5. The van der Waals surface area contributed by atoms with Crippen LogP contribution in [0.5, 0.6) is 0 Å². The van der Waals surface area contributed by atoms with Crippen LogP contribution >= 0.6 is 0 Å². The molecule has 360 valence electrons. The van der Waals surface area contributed by atoms with Crippen molar-refractivity contribution in [3.8, 4) is 0 Å². The molecule has 0 fully saturated rings. The molecule has 0 aliphatic heterocycles. The Morgan fingerprint density at radius 2 is 0.567 bits per heavy atom. The Morgan fingerprint density at radius 1 is 0.350 bits per heavy atom. The van der Waals surface area contributed by atoms with Crippen molar-refractivity contribution in [3.05, 3.63) is 0 Å². The van der Waals surface area contributed by atoms with E-state index in [9.17, 15) is 20.1 Å². The minimum Gasteiger partial charge on any atom is -0.394 e. The molecule has 3 atom stereocenters. The van der Waals surface area contributed by atoms with Crippen molar-refractivity contribution in [1.82, 2.24) is 5.32 Å². The lowest BCUT2D eigenvalue weighted by Crippen LogP contribution is -2.46. The van der Waals surface area contributed by atoms with Crippen LogP contribution in [0.4, 0.5) is 0 Å². The molecule has 1 amide bonds. The molecule has 0 saturated heterocycles. The number of aliphatic hydroxyl groups is 3. The van der Waals surface area contributed by atoms with Gasteiger partial charge in [-0.25, -0.2) is 0 Å². The summed E-state index contributed by atoms with van der Waals surface area (Å²) in [5.74, 6) is -0.275. The zero-order valence-corrected chi connectivity index (χ0v) is 41.1. The van der Waals surface area contributed by atoms with Gasteiger partial charge in [0.25, 0.3) is 0 Å². The standard InChI is InChI=1S/C55H111NO4/c1-3-5-7-9-11-13-15-17-19-21-22-23-24-25-26-27-28-29-30-31-32-33-34-36-38-40-42-44-46-48-52(58)50-55(60)56-53(51-57)54(59)49-47-45-43-41-39-37-35-20-18-16-14-12-10-8-6-4-2/h52-54,57-59H,3-51H2,1-2H3,(H,56,60). The molecule has 0 aromatic carbocycles. The number of nitrogens with one attached hydrogen (secondary N) is 1. The van der Waals surface area contributed by atoms with Crippen molar-refractivity contribution in [2.45, 2.75) is 340 Å². The number of rotatable bonds is 52. The molecule has 5 heteroatoms. The van der Waals surface area contributed by atoms with Crippen molar-refractivity contribution in [2.75, 3.05) is 6.61 Å². The van der Waals surface area contributed by atoms with Gasteiger partial charge in [0.1, 0.15) is 0 Å². The van der Waals surface area contributed by atoms with Gasteiger partial charge in [-0.15, -0.1) is 0 Å². The van der Waals surface area contributed by atoms with Crippen molar-refractivity contribution in [2.24, 2.45) is 0 Å². The van der Waals surface area contributed by atoms with Crippen molar-refractivity contribution in [3.63, 3.8) is 0 Å². The van der Waals surface area contributed by atoms with Gasteiger partial charge in [-0.1, -0.05) is 303 Å². The van der Waals surface area contributed by atoms with E-state index in [0.29, 0.717) is 12.8 Å². The molecule has 5 nitrogen and oxygen atoms in total. The zero-order chi connectivity index (χ0) is 43.7. The van der Waals surface area contributed by atoms with E-state index in [1.54, 1.807) is 0 Å². The highest BCUT2D eigenvalue weighted by molar-refractivity contribution is 5.76. The van der Waals surface area contributed by atoms with E-state index in [2.05, 4.69) is 19.2 Å². The van der Waals surface area contributed by atoms with Crippen LogP contribution in [-0.2, 0) is 4.79 Å². The van der Waals surface area contributed by atoms with Crippen LogP contribution in [0.15, 0.2) is 0 Å². The molecule has 4 N–H and O–H groups in total. The fourth-order valence-electron chi connectivity index (χ4n) is 9.17. The Morgan fingerprint density at radius 3 is 0.800 bits per heavy atom. The van der Waals surface area contributed by atoms with Crippen molar-refractivity contribution >= 4 is 5.91 Å². The molecule has 0 saturated carbocycles. The van der Waals surface area contributed by atoms with E-state index < -0.39 is 18.2 Å². The maximum atomic E-state index is 12.5. The van der Waals surface area contributed by atoms with E-state index in [-0.39, 0.29) is 18.9 Å². The molecule has 0 heterocycles. The number of amides is 1. The van der Waals surface area contributed by atoms with Gasteiger partial charge >= 0.3 is 0 Å². The first-order valence-corrected chi connectivity index (χ1v) is 27.8. The Labute approximate surface area is 377 Å². The fraction of sp³-hybridized carbons (Fsp3) is 0.982. The molecule has 0 bridgehead atoms. The van der Waals surface area contributed by atoms with Gasteiger partial charge in [-0.3, -0.25) is 4.79 Å². The van der Waals surface area contributed by atoms with Crippen LogP contribution in [0.3, 0.4) is 0 Å². The van der Waals surface area contributed by atoms with Crippen LogP contribution < -0.4 is 5.32 Å². The summed E-state index contributed by atoms with van der Waals surface area (Å²) < 4.78 is 0. The monoisotopic (exact) mass is 850 g/mol. The summed E-state index contributed by atoms with van der Waals surface area (Å²) in [5, 5.41) is 33.6. The van der Waals surface area contributed by atoms with Gasteiger partial charge in [0.05, 0.1) is 31.3 Å². The van der Waals surface area contributed by atoms with Crippen LogP contribution in [-0.4, -0.2) is 46.1 Å².